The Hall–Kier alpha value is -3.15. The molecule has 0 bridgehead atoms. The molecule has 0 spiro atoms. The van der Waals surface area contributed by atoms with Crippen LogP contribution in [0.15, 0.2) is 47.7 Å². The highest BCUT2D eigenvalue weighted by molar-refractivity contribution is 6.09. The number of hydrogen-bond acceptors (Lipinski definition) is 4. The standard InChI is InChI=1S/C21H24F2N4/c1-13-5-6-14(15(10-24)11-26-2)7-16(13)18(12-27(3)4)17-8-21(25)20(23)9-19(17)22/h5-12H,24-25H2,1-4H3/b15-10?,18-12+,26-11?. The van der Waals surface area contributed by atoms with Crippen LogP contribution >= 0.6 is 0 Å². The van der Waals surface area contributed by atoms with Gasteiger partial charge in [-0.3, -0.25) is 4.99 Å². The van der Waals surface area contributed by atoms with E-state index in [-0.39, 0.29) is 11.3 Å². The first-order chi connectivity index (χ1) is 12.8. The second-order valence-electron chi connectivity index (χ2n) is 6.40. The number of aryl methyl sites for hydroxylation is 1. The van der Waals surface area contributed by atoms with Crippen LogP contribution in [-0.4, -0.2) is 32.3 Å². The second-order valence-corrected chi connectivity index (χ2v) is 6.40. The molecule has 0 saturated carbocycles. The van der Waals surface area contributed by atoms with E-state index in [9.17, 15) is 8.78 Å². The summed E-state index contributed by atoms with van der Waals surface area (Å²) in [6.45, 7) is 1.92. The van der Waals surface area contributed by atoms with Crippen LogP contribution < -0.4 is 11.5 Å². The average molecular weight is 370 g/mol. The zero-order valence-corrected chi connectivity index (χ0v) is 15.9. The third kappa shape index (κ3) is 4.53. The van der Waals surface area contributed by atoms with Gasteiger partial charge in [-0.05, 0) is 35.7 Å². The summed E-state index contributed by atoms with van der Waals surface area (Å²) in [5.41, 5.74) is 15.4. The fourth-order valence-corrected chi connectivity index (χ4v) is 2.76. The minimum absolute atomic E-state index is 0.106. The van der Waals surface area contributed by atoms with Crippen molar-refractivity contribution in [2.24, 2.45) is 10.7 Å². The van der Waals surface area contributed by atoms with E-state index >= 15 is 0 Å². The molecule has 0 radical (unpaired) electrons. The second kappa shape index (κ2) is 8.49. The lowest BCUT2D eigenvalue weighted by Crippen LogP contribution is -2.07. The molecule has 0 aromatic heterocycles. The van der Waals surface area contributed by atoms with Crippen molar-refractivity contribution in [1.29, 1.82) is 0 Å². The van der Waals surface area contributed by atoms with E-state index in [2.05, 4.69) is 4.99 Å². The molecular weight excluding hydrogens is 346 g/mol. The Kier molecular flexibility index (Phi) is 6.34. The molecule has 0 aliphatic carbocycles. The van der Waals surface area contributed by atoms with Gasteiger partial charge in [0.1, 0.15) is 11.6 Å². The van der Waals surface area contributed by atoms with Crippen LogP contribution in [0.5, 0.6) is 0 Å². The predicted octanol–water partition coefficient (Wildman–Crippen LogP) is 3.81. The molecule has 0 aliphatic heterocycles. The highest BCUT2D eigenvalue weighted by Crippen LogP contribution is 2.32. The summed E-state index contributed by atoms with van der Waals surface area (Å²) >= 11 is 0. The van der Waals surface area contributed by atoms with Crippen LogP contribution in [-0.2, 0) is 0 Å². The van der Waals surface area contributed by atoms with Gasteiger partial charge in [-0.1, -0.05) is 12.1 Å². The normalized spacial score (nSPS) is 12.7. The Morgan fingerprint density at radius 2 is 1.78 bits per heavy atom. The summed E-state index contributed by atoms with van der Waals surface area (Å²) in [6.07, 6.45) is 4.90. The molecule has 0 amide bonds. The number of anilines is 1. The fraction of sp³-hybridized carbons (Fsp3) is 0.190. The van der Waals surface area contributed by atoms with E-state index in [1.807, 2.05) is 39.2 Å². The highest BCUT2D eigenvalue weighted by Gasteiger charge is 2.17. The maximum atomic E-state index is 14.6. The molecule has 142 valence electrons. The number of halogens is 2. The third-order valence-electron chi connectivity index (χ3n) is 4.07. The van der Waals surface area contributed by atoms with Gasteiger partial charge >= 0.3 is 0 Å². The van der Waals surface area contributed by atoms with Gasteiger partial charge in [-0.2, -0.15) is 0 Å². The Morgan fingerprint density at radius 3 is 2.37 bits per heavy atom. The lowest BCUT2D eigenvalue weighted by molar-refractivity contribution is 0.563. The number of rotatable bonds is 5. The minimum atomic E-state index is -0.779. The maximum absolute atomic E-state index is 14.6. The smallest absolute Gasteiger partial charge is 0.149 e. The lowest BCUT2D eigenvalue weighted by atomic mass is 9.91. The largest absolute Gasteiger partial charge is 0.404 e. The number of aliphatic imine (C=N–C) groups is 1. The molecule has 6 heteroatoms. The molecule has 27 heavy (non-hydrogen) atoms. The molecule has 2 rings (SSSR count). The molecule has 4 N–H and O–H groups in total. The van der Waals surface area contributed by atoms with Gasteiger partial charge in [-0.25, -0.2) is 8.78 Å². The van der Waals surface area contributed by atoms with E-state index in [0.29, 0.717) is 5.57 Å². The van der Waals surface area contributed by atoms with Crippen molar-refractivity contribution in [1.82, 2.24) is 4.90 Å². The van der Waals surface area contributed by atoms with Crippen molar-refractivity contribution in [3.05, 3.63) is 76.6 Å². The Bertz CT molecular complexity index is 928. The quantitative estimate of drug-likeness (QED) is 0.621. The van der Waals surface area contributed by atoms with E-state index in [1.165, 1.54) is 12.3 Å². The predicted molar refractivity (Wildman–Crippen MR) is 109 cm³/mol. The molecule has 0 heterocycles. The van der Waals surface area contributed by atoms with Gasteiger partial charge in [0.15, 0.2) is 0 Å². The molecule has 0 unspecified atom stereocenters. The molecular formula is C21H24F2N4. The van der Waals surface area contributed by atoms with Gasteiger partial charge in [0.2, 0.25) is 0 Å². The Balaban J connectivity index is 2.74. The Morgan fingerprint density at radius 1 is 1.07 bits per heavy atom. The van der Waals surface area contributed by atoms with Crippen LogP contribution in [0.3, 0.4) is 0 Å². The van der Waals surface area contributed by atoms with Crippen LogP contribution in [0.4, 0.5) is 14.5 Å². The van der Waals surface area contributed by atoms with E-state index in [4.69, 9.17) is 11.5 Å². The van der Waals surface area contributed by atoms with Crippen molar-refractivity contribution in [2.45, 2.75) is 6.92 Å². The van der Waals surface area contributed by atoms with Crippen LogP contribution in [0, 0.1) is 18.6 Å². The van der Waals surface area contributed by atoms with E-state index in [1.54, 1.807) is 24.4 Å². The topological polar surface area (TPSA) is 67.6 Å². The molecule has 4 nitrogen and oxygen atoms in total. The average Bonchev–Trinajstić information content (AvgIpc) is 2.61. The maximum Gasteiger partial charge on any atom is 0.149 e. The first-order valence-electron chi connectivity index (χ1n) is 8.37. The summed E-state index contributed by atoms with van der Waals surface area (Å²) in [7, 11) is 5.32. The summed E-state index contributed by atoms with van der Waals surface area (Å²) < 4.78 is 28.2. The van der Waals surface area contributed by atoms with Crippen LogP contribution in [0.1, 0.15) is 22.3 Å². The molecule has 2 aromatic rings. The summed E-state index contributed by atoms with van der Waals surface area (Å²) in [6, 6.07) is 7.87. The summed E-state index contributed by atoms with van der Waals surface area (Å²) in [5.74, 6) is -1.46. The van der Waals surface area contributed by atoms with Crippen molar-refractivity contribution in [2.75, 3.05) is 26.9 Å². The SMILES string of the molecule is CN=CC(=CN)c1ccc(C)c(/C(=C\N(C)C)c2cc(N)c(F)cc2F)c1. The summed E-state index contributed by atoms with van der Waals surface area (Å²) in [4.78, 5) is 5.81. The van der Waals surface area contributed by atoms with E-state index < -0.39 is 11.6 Å². The molecule has 0 aliphatic rings. The fourth-order valence-electron chi connectivity index (χ4n) is 2.76. The highest BCUT2D eigenvalue weighted by atomic mass is 19.1. The number of benzene rings is 2. The lowest BCUT2D eigenvalue weighted by Gasteiger charge is -2.17. The minimum Gasteiger partial charge on any atom is -0.404 e. The molecule has 0 saturated heterocycles. The molecule has 0 fully saturated rings. The van der Waals surface area contributed by atoms with Crippen molar-refractivity contribution < 1.29 is 8.78 Å². The van der Waals surface area contributed by atoms with Crippen molar-refractivity contribution in [3.8, 4) is 0 Å². The van der Waals surface area contributed by atoms with E-state index in [0.717, 1.165) is 28.3 Å². The Labute approximate surface area is 158 Å². The number of nitrogens with zero attached hydrogens (tertiary/aromatic N) is 2. The number of nitrogen functional groups attached to an aromatic ring is 1. The molecule has 2 aromatic carbocycles. The first-order valence-corrected chi connectivity index (χ1v) is 8.37. The first kappa shape index (κ1) is 20.2. The number of hydrogen-bond donors (Lipinski definition) is 2. The van der Waals surface area contributed by atoms with Crippen molar-refractivity contribution in [3.63, 3.8) is 0 Å². The van der Waals surface area contributed by atoms with Crippen LogP contribution in [0.2, 0.25) is 0 Å². The molecule has 0 atom stereocenters. The van der Waals surface area contributed by atoms with Gasteiger partial charge in [-0.15, -0.1) is 0 Å². The zero-order chi connectivity index (χ0) is 20.1. The van der Waals surface area contributed by atoms with Crippen LogP contribution in [0.25, 0.3) is 11.1 Å². The zero-order valence-electron chi connectivity index (χ0n) is 15.9. The van der Waals surface area contributed by atoms with Gasteiger partial charge in [0.25, 0.3) is 0 Å². The number of nitrogens with two attached hydrogens (primary N) is 2. The monoisotopic (exact) mass is 370 g/mol. The summed E-state index contributed by atoms with van der Waals surface area (Å²) in [5, 5.41) is 0. The van der Waals surface area contributed by atoms with Gasteiger partial charge in [0.05, 0.1) is 5.69 Å². The van der Waals surface area contributed by atoms with Gasteiger partial charge in [0, 0.05) is 62.5 Å². The van der Waals surface area contributed by atoms with Crippen molar-refractivity contribution >= 4 is 23.0 Å². The number of allylic oxidation sites excluding steroid dienone is 1. The van der Waals surface area contributed by atoms with Gasteiger partial charge < -0.3 is 16.4 Å². The third-order valence-corrected chi connectivity index (χ3v) is 4.07.